The van der Waals surface area contributed by atoms with Crippen molar-refractivity contribution in [2.45, 2.75) is 13.3 Å². The third kappa shape index (κ3) is 5.64. The highest BCUT2D eigenvalue weighted by Gasteiger charge is 2.03. The Kier molecular flexibility index (Phi) is 6.15. The molecule has 0 saturated heterocycles. The maximum atomic E-state index is 11.8. The predicted molar refractivity (Wildman–Crippen MR) is 76.3 cm³/mol. The lowest BCUT2D eigenvalue weighted by Crippen LogP contribution is -2.27. The van der Waals surface area contributed by atoms with Gasteiger partial charge in [-0.05, 0) is 45.6 Å². The molecular weight excluding hydrogens is 224 g/mol. The molecule has 1 N–H and O–H groups in total. The Labute approximate surface area is 109 Å². The van der Waals surface area contributed by atoms with E-state index >= 15 is 0 Å². The fourth-order valence-corrected chi connectivity index (χ4v) is 1.60. The molecular formula is C15H22N2O. The van der Waals surface area contributed by atoms with Crippen molar-refractivity contribution in [3.05, 3.63) is 41.5 Å². The normalized spacial score (nSPS) is 11.7. The molecule has 18 heavy (non-hydrogen) atoms. The highest BCUT2D eigenvalue weighted by Crippen LogP contribution is 2.05. The van der Waals surface area contributed by atoms with E-state index in [9.17, 15) is 4.79 Å². The molecule has 0 fully saturated rings. The Bertz CT molecular complexity index is 396. The van der Waals surface area contributed by atoms with Crippen LogP contribution in [0.15, 0.2) is 35.9 Å². The number of rotatable bonds is 6. The van der Waals surface area contributed by atoms with Crippen LogP contribution in [0.25, 0.3) is 6.08 Å². The van der Waals surface area contributed by atoms with Crippen LogP contribution >= 0.6 is 0 Å². The topological polar surface area (TPSA) is 32.3 Å². The number of nitrogens with one attached hydrogen (secondary N) is 1. The van der Waals surface area contributed by atoms with Crippen LogP contribution in [0.4, 0.5) is 0 Å². The standard InChI is InChI=1S/C15H22N2O/c1-13(12-14-8-5-4-6-9-14)15(18)16-10-7-11-17(2)3/h4-6,8-9,12H,7,10-11H2,1-3H3,(H,16,18)/b13-12+. The SMILES string of the molecule is C/C(=C\c1ccccc1)C(=O)NCCCN(C)C. The van der Waals surface area contributed by atoms with Crippen LogP contribution in [-0.2, 0) is 4.79 Å². The van der Waals surface area contributed by atoms with Crippen molar-refractivity contribution in [1.82, 2.24) is 10.2 Å². The van der Waals surface area contributed by atoms with Crippen molar-refractivity contribution >= 4 is 12.0 Å². The smallest absolute Gasteiger partial charge is 0.246 e. The second kappa shape index (κ2) is 7.67. The van der Waals surface area contributed by atoms with E-state index in [-0.39, 0.29) is 5.91 Å². The van der Waals surface area contributed by atoms with E-state index in [1.165, 1.54) is 0 Å². The number of hydrogen-bond acceptors (Lipinski definition) is 2. The van der Waals surface area contributed by atoms with Gasteiger partial charge in [-0.3, -0.25) is 4.79 Å². The van der Waals surface area contributed by atoms with Crippen LogP contribution in [0.3, 0.4) is 0 Å². The molecule has 0 atom stereocenters. The maximum absolute atomic E-state index is 11.8. The van der Waals surface area contributed by atoms with Crippen molar-refractivity contribution in [2.75, 3.05) is 27.2 Å². The number of benzene rings is 1. The van der Waals surface area contributed by atoms with Crippen LogP contribution in [0.2, 0.25) is 0 Å². The second-order valence-electron chi connectivity index (χ2n) is 4.65. The Morgan fingerprint density at radius 2 is 1.94 bits per heavy atom. The first-order valence-electron chi connectivity index (χ1n) is 6.26. The second-order valence-corrected chi connectivity index (χ2v) is 4.65. The molecule has 3 nitrogen and oxygen atoms in total. The van der Waals surface area contributed by atoms with Crippen molar-refractivity contribution in [3.63, 3.8) is 0 Å². The van der Waals surface area contributed by atoms with Gasteiger partial charge in [0.2, 0.25) is 5.91 Å². The Balaban J connectivity index is 2.40. The molecule has 1 aromatic rings. The molecule has 0 radical (unpaired) electrons. The largest absolute Gasteiger partial charge is 0.352 e. The van der Waals surface area contributed by atoms with Crippen LogP contribution in [0.1, 0.15) is 18.9 Å². The number of carbonyl (C=O) groups excluding carboxylic acids is 1. The van der Waals surface area contributed by atoms with Gasteiger partial charge >= 0.3 is 0 Å². The monoisotopic (exact) mass is 246 g/mol. The number of amides is 1. The molecule has 0 heterocycles. The van der Waals surface area contributed by atoms with Gasteiger partial charge in [0, 0.05) is 12.1 Å². The number of carbonyl (C=O) groups is 1. The summed E-state index contributed by atoms with van der Waals surface area (Å²) in [5.74, 6) is 0.0117. The molecule has 0 aliphatic heterocycles. The zero-order valence-electron chi connectivity index (χ0n) is 11.4. The van der Waals surface area contributed by atoms with Gasteiger partial charge in [0.25, 0.3) is 0 Å². The van der Waals surface area contributed by atoms with Crippen molar-refractivity contribution in [2.24, 2.45) is 0 Å². The first kappa shape index (κ1) is 14.5. The minimum absolute atomic E-state index is 0.0117. The molecule has 0 spiro atoms. The van der Waals surface area contributed by atoms with Gasteiger partial charge in [0.1, 0.15) is 0 Å². The predicted octanol–water partition coefficient (Wildman–Crippen LogP) is 2.16. The molecule has 0 unspecified atom stereocenters. The quantitative estimate of drug-likeness (QED) is 0.616. The molecule has 0 aromatic heterocycles. The average Bonchev–Trinajstić information content (AvgIpc) is 2.35. The Hall–Kier alpha value is -1.61. The van der Waals surface area contributed by atoms with Crippen LogP contribution in [0.5, 0.6) is 0 Å². The summed E-state index contributed by atoms with van der Waals surface area (Å²) in [4.78, 5) is 13.9. The van der Waals surface area contributed by atoms with Gasteiger partial charge < -0.3 is 10.2 Å². The third-order valence-corrected chi connectivity index (χ3v) is 2.61. The Morgan fingerprint density at radius 1 is 1.28 bits per heavy atom. The van der Waals surface area contributed by atoms with E-state index in [4.69, 9.17) is 0 Å². The summed E-state index contributed by atoms with van der Waals surface area (Å²) >= 11 is 0. The molecule has 1 rings (SSSR count). The van der Waals surface area contributed by atoms with Crippen molar-refractivity contribution in [1.29, 1.82) is 0 Å². The minimum Gasteiger partial charge on any atom is -0.352 e. The van der Waals surface area contributed by atoms with Gasteiger partial charge in [-0.25, -0.2) is 0 Å². The van der Waals surface area contributed by atoms with E-state index in [1.807, 2.05) is 57.4 Å². The summed E-state index contributed by atoms with van der Waals surface area (Å²) in [5.41, 5.74) is 1.80. The summed E-state index contributed by atoms with van der Waals surface area (Å²) in [6, 6.07) is 9.88. The summed E-state index contributed by atoms with van der Waals surface area (Å²) in [6.07, 6.45) is 2.87. The average molecular weight is 246 g/mol. The number of hydrogen-bond donors (Lipinski definition) is 1. The lowest BCUT2D eigenvalue weighted by Gasteiger charge is -2.10. The van der Waals surface area contributed by atoms with Gasteiger partial charge in [-0.15, -0.1) is 0 Å². The molecule has 3 heteroatoms. The van der Waals surface area contributed by atoms with Gasteiger partial charge in [-0.2, -0.15) is 0 Å². The molecule has 0 saturated carbocycles. The highest BCUT2D eigenvalue weighted by molar-refractivity contribution is 5.97. The first-order valence-corrected chi connectivity index (χ1v) is 6.26. The molecule has 1 aromatic carbocycles. The summed E-state index contributed by atoms with van der Waals surface area (Å²) in [5, 5.41) is 2.92. The summed E-state index contributed by atoms with van der Waals surface area (Å²) < 4.78 is 0. The molecule has 1 amide bonds. The van der Waals surface area contributed by atoms with Gasteiger partial charge in [0.05, 0.1) is 0 Å². The van der Waals surface area contributed by atoms with Crippen molar-refractivity contribution < 1.29 is 4.79 Å². The molecule has 0 aliphatic rings. The summed E-state index contributed by atoms with van der Waals surface area (Å²) in [6.45, 7) is 3.55. The maximum Gasteiger partial charge on any atom is 0.246 e. The van der Waals surface area contributed by atoms with Gasteiger partial charge in [-0.1, -0.05) is 30.3 Å². The van der Waals surface area contributed by atoms with Crippen LogP contribution in [-0.4, -0.2) is 38.0 Å². The fraction of sp³-hybridized carbons (Fsp3) is 0.400. The fourth-order valence-electron chi connectivity index (χ4n) is 1.60. The Morgan fingerprint density at radius 3 is 2.56 bits per heavy atom. The zero-order chi connectivity index (χ0) is 13.4. The molecule has 0 bridgehead atoms. The third-order valence-electron chi connectivity index (χ3n) is 2.61. The van der Waals surface area contributed by atoms with E-state index in [2.05, 4.69) is 10.2 Å². The zero-order valence-corrected chi connectivity index (χ0v) is 11.4. The van der Waals surface area contributed by atoms with E-state index in [0.29, 0.717) is 0 Å². The van der Waals surface area contributed by atoms with Crippen LogP contribution in [0, 0.1) is 0 Å². The van der Waals surface area contributed by atoms with E-state index < -0.39 is 0 Å². The lowest BCUT2D eigenvalue weighted by atomic mass is 10.1. The van der Waals surface area contributed by atoms with Gasteiger partial charge in [0.15, 0.2) is 0 Å². The summed E-state index contributed by atoms with van der Waals surface area (Å²) in [7, 11) is 4.06. The van der Waals surface area contributed by atoms with Crippen molar-refractivity contribution in [3.8, 4) is 0 Å². The first-order chi connectivity index (χ1) is 8.59. The van der Waals surface area contributed by atoms with E-state index in [1.54, 1.807) is 0 Å². The van der Waals surface area contributed by atoms with E-state index in [0.717, 1.165) is 30.6 Å². The highest BCUT2D eigenvalue weighted by atomic mass is 16.1. The lowest BCUT2D eigenvalue weighted by molar-refractivity contribution is -0.117. The number of nitrogens with zero attached hydrogens (tertiary/aromatic N) is 1. The minimum atomic E-state index is 0.0117. The molecule has 98 valence electrons. The molecule has 0 aliphatic carbocycles. The van der Waals surface area contributed by atoms with Crippen LogP contribution < -0.4 is 5.32 Å².